The van der Waals surface area contributed by atoms with Crippen molar-refractivity contribution in [2.24, 2.45) is 17.1 Å². The maximum absolute atomic E-state index is 6.22. The largest absolute Gasteiger partial charge is 0.325 e. The highest BCUT2D eigenvalue weighted by Gasteiger charge is 2.37. The van der Waals surface area contributed by atoms with Crippen molar-refractivity contribution in [3.8, 4) is 0 Å². The summed E-state index contributed by atoms with van der Waals surface area (Å²) in [7, 11) is 0. The summed E-state index contributed by atoms with van der Waals surface area (Å²) in [6, 6.07) is 0. The van der Waals surface area contributed by atoms with E-state index in [1.807, 2.05) is 0 Å². The zero-order chi connectivity index (χ0) is 9.41. The molecule has 80 valence electrons. The first-order valence-corrected chi connectivity index (χ1v) is 5.13. The van der Waals surface area contributed by atoms with Gasteiger partial charge in [-0.05, 0) is 37.5 Å². The second-order valence-corrected chi connectivity index (χ2v) is 5.68. The van der Waals surface area contributed by atoms with Gasteiger partial charge < -0.3 is 5.73 Å². The molecule has 2 atom stereocenters. The monoisotopic (exact) mass is 205 g/mol. The van der Waals surface area contributed by atoms with Gasteiger partial charge in [-0.25, -0.2) is 0 Å². The Bertz CT molecular complexity index is 147. The Labute approximate surface area is 88.9 Å². The molecule has 2 N–H and O–H groups in total. The van der Waals surface area contributed by atoms with Crippen molar-refractivity contribution >= 4 is 12.4 Å². The molecule has 1 fully saturated rings. The van der Waals surface area contributed by atoms with Crippen molar-refractivity contribution in [1.82, 2.24) is 0 Å². The third-order valence-electron chi connectivity index (χ3n) is 3.06. The second kappa shape index (κ2) is 4.18. The Morgan fingerprint density at radius 2 is 1.77 bits per heavy atom. The van der Waals surface area contributed by atoms with Gasteiger partial charge in [0.2, 0.25) is 0 Å². The topological polar surface area (TPSA) is 26.0 Å². The molecular weight excluding hydrogens is 182 g/mol. The number of hydrogen-bond donors (Lipinski definition) is 1. The standard InChI is InChI=1S/C11H23N.ClH/c1-5-9-6-10(2,3)8-11(4,12)7-9;/h9H,5-8,12H2,1-4H3;1H. The van der Waals surface area contributed by atoms with Gasteiger partial charge in [0.15, 0.2) is 0 Å². The van der Waals surface area contributed by atoms with E-state index in [9.17, 15) is 0 Å². The highest BCUT2D eigenvalue weighted by Crippen LogP contribution is 2.43. The van der Waals surface area contributed by atoms with Gasteiger partial charge in [-0.1, -0.05) is 27.2 Å². The minimum absolute atomic E-state index is 0. The van der Waals surface area contributed by atoms with E-state index in [-0.39, 0.29) is 17.9 Å². The van der Waals surface area contributed by atoms with Crippen molar-refractivity contribution < 1.29 is 0 Å². The van der Waals surface area contributed by atoms with E-state index < -0.39 is 0 Å². The lowest BCUT2D eigenvalue weighted by atomic mass is 9.64. The highest BCUT2D eigenvalue weighted by atomic mass is 35.5. The van der Waals surface area contributed by atoms with Crippen LogP contribution in [0.5, 0.6) is 0 Å². The summed E-state index contributed by atoms with van der Waals surface area (Å²) < 4.78 is 0. The maximum atomic E-state index is 6.22. The molecule has 0 heterocycles. The molecule has 0 aromatic heterocycles. The third kappa shape index (κ3) is 3.86. The van der Waals surface area contributed by atoms with Crippen LogP contribution < -0.4 is 5.73 Å². The quantitative estimate of drug-likeness (QED) is 0.698. The van der Waals surface area contributed by atoms with Crippen LogP contribution in [0.1, 0.15) is 53.4 Å². The molecule has 1 aliphatic carbocycles. The zero-order valence-corrected chi connectivity index (χ0v) is 10.2. The van der Waals surface area contributed by atoms with Crippen LogP contribution in [-0.4, -0.2) is 5.54 Å². The number of nitrogens with two attached hydrogens (primary N) is 1. The lowest BCUT2D eigenvalue weighted by molar-refractivity contribution is 0.108. The van der Waals surface area contributed by atoms with Crippen LogP contribution >= 0.6 is 12.4 Å². The summed E-state index contributed by atoms with van der Waals surface area (Å²) in [6.07, 6.45) is 5.04. The molecule has 0 radical (unpaired) electrons. The molecule has 1 saturated carbocycles. The Balaban J connectivity index is 0.00000144. The second-order valence-electron chi connectivity index (χ2n) is 5.68. The van der Waals surface area contributed by atoms with Crippen molar-refractivity contribution in [2.75, 3.05) is 0 Å². The predicted octanol–water partition coefficient (Wildman–Crippen LogP) is 3.36. The molecule has 0 aromatic rings. The number of rotatable bonds is 1. The van der Waals surface area contributed by atoms with E-state index >= 15 is 0 Å². The van der Waals surface area contributed by atoms with Gasteiger partial charge in [-0.15, -0.1) is 12.4 Å². The number of hydrogen-bond acceptors (Lipinski definition) is 1. The van der Waals surface area contributed by atoms with Crippen LogP contribution in [0.25, 0.3) is 0 Å². The average Bonchev–Trinajstić information content (AvgIpc) is 1.80. The molecule has 0 saturated heterocycles. The molecule has 0 bridgehead atoms. The van der Waals surface area contributed by atoms with Crippen molar-refractivity contribution in [1.29, 1.82) is 0 Å². The molecule has 0 amide bonds. The summed E-state index contributed by atoms with van der Waals surface area (Å²) in [4.78, 5) is 0. The van der Waals surface area contributed by atoms with Gasteiger partial charge in [-0.2, -0.15) is 0 Å². The molecule has 2 heteroatoms. The van der Waals surface area contributed by atoms with Gasteiger partial charge >= 0.3 is 0 Å². The van der Waals surface area contributed by atoms with Gasteiger partial charge in [-0.3, -0.25) is 0 Å². The first-order chi connectivity index (χ1) is 5.35. The van der Waals surface area contributed by atoms with Crippen LogP contribution in [0.2, 0.25) is 0 Å². The van der Waals surface area contributed by atoms with E-state index in [1.165, 1.54) is 25.7 Å². The number of halogens is 1. The first kappa shape index (κ1) is 13.2. The normalized spacial score (nSPS) is 38.1. The van der Waals surface area contributed by atoms with Gasteiger partial charge in [0.05, 0.1) is 0 Å². The Kier molecular flexibility index (Phi) is 4.26. The van der Waals surface area contributed by atoms with Crippen LogP contribution in [0.15, 0.2) is 0 Å². The van der Waals surface area contributed by atoms with E-state index in [0.717, 1.165) is 5.92 Å². The fourth-order valence-electron chi connectivity index (χ4n) is 3.04. The van der Waals surface area contributed by atoms with Crippen molar-refractivity contribution in [3.05, 3.63) is 0 Å². The smallest absolute Gasteiger partial charge is 0.0133 e. The Hall–Kier alpha value is 0.250. The van der Waals surface area contributed by atoms with E-state index in [1.54, 1.807) is 0 Å². The van der Waals surface area contributed by atoms with Crippen LogP contribution in [0, 0.1) is 11.3 Å². The summed E-state index contributed by atoms with van der Waals surface area (Å²) in [5.41, 5.74) is 6.77. The summed E-state index contributed by atoms with van der Waals surface area (Å²) in [5.74, 6) is 0.851. The first-order valence-electron chi connectivity index (χ1n) is 5.13. The van der Waals surface area contributed by atoms with Gasteiger partial charge in [0.1, 0.15) is 0 Å². The fraction of sp³-hybridized carbons (Fsp3) is 1.00. The molecule has 0 spiro atoms. The molecule has 13 heavy (non-hydrogen) atoms. The molecule has 2 unspecified atom stereocenters. The Morgan fingerprint density at radius 3 is 2.15 bits per heavy atom. The summed E-state index contributed by atoms with van der Waals surface area (Å²) >= 11 is 0. The van der Waals surface area contributed by atoms with Crippen LogP contribution in [-0.2, 0) is 0 Å². The minimum Gasteiger partial charge on any atom is -0.325 e. The van der Waals surface area contributed by atoms with Gasteiger partial charge in [0.25, 0.3) is 0 Å². The van der Waals surface area contributed by atoms with Crippen LogP contribution in [0.3, 0.4) is 0 Å². The lowest BCUT2D eigenvalue weighted by Crippen LogP contribution is -2.47. The molecule has 1 nitrogen and oxygen atoms in total. The van der Waals surface area contributed by atoms with E-state index in [2.05, 4.69) is 27.7 Å². The van der Waals surface area contributed by atoms with E-state index in [0.29, 0.717) is 5.41 Å². The minimum atomic E-state index is 0. The molecule has 0 aliphatic heterocycles. The van der Waals surface area contributed by atoms with Crippen LogP contribution in [0.4, 0.5) is 0 Å². The Morgan fingerprint density at radius 1 is 1.23 bits per heavy atom. The molecular formula is C11H24ClN. The van der Waals surface area contributed by atoms with Gasteiger partial charge in [0, 0.05) is 5.54 Å². The zero-order valence-electron chi connectivity index (χ0n) is 9.39. The summed E-state index contributed by atoms with van der Waals surface area (Å²) in [6.45, 7) is 9.18. The van der Waals surface area contributed by atoms with E-state index in [4.69, 9.17) is 5.73 Å². The molecule has 1 aliphatic rings. The average molecular weight is 206 g/mol. The SMILES string of the molecule is CCC1CC(C)(C)CC(C)(N)C1.Cl. The third-order valence-corrected chi connectivity index (χ3v) is 3.06. The summed E-state index contributed by atoms with van der Waals surface area (Å²) in [5, 5.41) is 0. The van der Waals surface area contributed by atoms with Crippen molar-refractivity contribution in [2.45, 2.75) is 58.9 Å². The fourth-order valence-corrected chi connectivity index (χ4v) is 3.04. The maximum Gasteiger partial charge on any atom is 0.0133 e. The predicted molar refractivity (Wildman–Crippen MR) is 61.3 cm³/mol. The molecule has 0 aromatic carbocycles. The van der Waals surface area contributed by atoms with Crippen molar-refractivity contribution in [3.63, 3.8) is 0 Å². The molecule has 1 rings (SSSR count). The lowest BCUT2D eigenvalue weighted by Gasteiger charge is -2.44. The highest BCUT2D eigenvalue weighted by molar-refractivity contribution is 5.85.